The molecular weight excluding hydrogens is 314 g/mol. The molecule has 1 N–H and O–H groups in total. The van der Waals surface area contributed by atoms with Gasteiger partial charge in [-0.15, -0.1) is 0 Å². The maximum Gasteiger partial charge on any atom is 0.120 e. The third-order valence-corrected chi connectivity index (χ3v) is 4.46. The molecule has 0 fully saturated rings. The molecule has 0 aliphatic rings. The molecule has 114 valence electrons. The molecule has 0 bridgehead atoms. The number of hydrogen-bond acceptors (Lipinski definition) is 2. The maximum atomic E-state index is 5.25. The molecule has 0 saturated carbocycles. The van der Waals surface area contributed by atoms with Gasteiger partial charge in [-0.05, 0) is 31.2 Å². The summed E-state index contributed by atoms with van der Waals surface area (Å²) in [7, 11) is 3.74. The molecule has 3 heteroatoms. The fourth-order valence-electron chi connectivity index (χ4n) is 2.50. The van der Waals surface area contributed by atoms with Gasteiger partial charge in [0, 0.05) is 10.5 Å². The molecule has 0 aliphatic heterocycles. The predicted octanol–water partition coefficient (Wildman–Crippen LogP) is 5.47. The zero-order valence-electron chi connectivity index (χ0n) is 13.0. The Kier molecular flexibility index (Phi) is 8.95. The molecule has 0 aromatic heterocycles. The smallest absolute Gasteiger partial charge is 0.120 e. The summed E-state index contributed by atoms with van der Waals surface area (Å²) in [6, 6.07) is 6.65. The summed E-state index contributed by atoms with van der Waals surface area (Å²) in [4.78, 5) is 0. The van der Waals surface area contributed by atoms with Crippen LogP contribution in [0, 0.1) is 0 Å². The van der Waals surface area contributed by atoms with E-state index in [-0.39, 0.29) is 0 Å². The van der Waals surface area contributed by atoms with Gasteiger partial charge in [0.1, 0.15) is 5.75 Å². The van der Waals surface area contributed by atoms with Crippen LogP contribution in [-0.2, 0) is 0 Å². The number of nitrogens with one attached hydrogen (secondary N) is 1. The molecule has 1 unspecified atom stereocenters. The number of methoxy groups -OCH3 is 1. The van der Waals surface area contributed by atoms with E-state index in [0.717, 1.165) is 10.2 Å². The molecule has 0 aliphatic carbocycles. The highest BCUT2D eigenvalue weighted by atomic mass is 79.9. The first-order valence-corrected chi connectivity index (χ1v) is 8.53. The molecule has 0 saturated heterocycles. The lowest BCUT2D eigenvalue weighted by atomic mass is 9.99. The fraction of sp³-hybridized carbons (Fsp3) is 0.647. The third kappa shape index (κ3) is 5.84. The van der Waals surface area contributed by atoms with Gasteiger partial charge in [-0.25, -0.2) is 0 Å². The van der Waals surface area contributed by atoms with Crippen molar-refractivity contribution < 1.29 is 4.74 Å². The first-order chi connectivity index (χ1) is 9.72. The van der Waals surface area contributed by atoms with E-state index >= 15 is 0 Å². The van der Waals surface area contributed by atoms with Gasteiger partial charge in [-0.2, -0.15) is 0 Å². The molecule has 1 aromatic rings. The SMILES string of the molecule is CCCCCCCCC(NC)c1ccc(OC)cc1Br. The van der Waals surface area contributed by atoms with Gasteiger partial charge in [0.15, 0.2) is 0 Å². The molecule has 0 radical (unpaired) electrons. The van der Waals surface area contributed by atoms with Crippen LogP contribution in [0.25, 0.3) is 0 Å². The van der Waals surface area contributed by atoms with E-state index < -0.39 is 0 Å². The highest BCUT2D eigenvalue weighted by molar-refractivity contribution is 9.10. The Labute approximate surface area is 132 Å². The van der Waals surface area contributed by atoms with Crippen LogP contribution in [-0.4, -0.2) is 14.2 Å². The van der Waals surface area contributed by atoms with E-state index in [9.17, 15) is 0 Å². The van der Waals surface area contributed by atoms with Crippen molar-refractivity contribution in [2.24, 2.45) is 0 Å². The zero-order valence-corrected chi connectivity index (χ0v) is 14.6. The Morgan fingerprint density at radius 2 is 1.85 bits per heavy atom. The van der Waals surface area contributed by atoms with Gasteiger partial charge in [0.25, 0.3) is 0 Å². The summed E-state index contributed by atoms with van der Waals surface area (Å²) in [6.07, 6.45) is 9.26. The van der Waals surface area contributed by atoms with Crippen LogP contribution in [0.1, 0.15) is 63.5 Å². The Hall–Kier alpha value is -0.540. The van der Waals surface area contributed by atoms with E-state index in [1.54, 1.807) is 7.11 Å². The van der Waals surface area contributed by atoms with Crippen molar-refractivity contribution in [3.8, 4) is 5.75 Å². The standard InChI is InChI=1S/C17H28BrNO/c1-4-5-6-7-8-9-10-17(19-2)15-12-11-14(20-3)13-16(15)18/h11-13,17,19H,4-10H2,1-3H3. The van der Waals surface area contributed by atoms with Gasteiger partial charge >= 0.3 is 0 Å². The predicted molar refractivity (Wildman–Crippen MR) is 90.5 cm³/mol. The first kappa shape index (κ1) is 17.5. The molecular formula is C17H28BrNO. The van der Waals surface area contributed by atoms with Crippen LogP contribution in [0.2, 0.25) is 0 Å². The Balaban J connectivity index is 2.45. The molecule has 1 atom stereocenters. The molecule has 1 aromatic carbocycles. The van der Waals surface area contributed by atoms with Gasteiger partial charge in [-0.3, -0.25) is 0 Å². The van der Waals surface area contributed by atoms with Crippen molar-refractivity contribution in [3.63, 3.8) is 0 Å². The quantitative estimate of drug-likeness (QED) is 0.569. The first-order valence-electron chi connectivity index (χ1n) is 7.73. The summed E-state index contributed by atoms with van der Waals surface area (Å²) in [5.74, 6) is 0.898. The monoisotopic (exact) mass is 341 g/mol. The molecule has 1 rings (SSSR count). The molecule has 0 heterocycles. The van der Waals surface area contributed by atoms with Gasteiger partial charge < -0.3 is 10.1 Å². The molecule has 0 amide bonds. The minimum absolute atomic E-state index is 0.418. The van der Waals surface area contributed by atoms with Gasteiger partial charge in [0.2, 0.25) is 0 Å². The average Bonchev–Trinajstić information content (AvgIpc) is 2.47. The molecule has 2 nitrogen and oxygen atoms in total. The van der Waals surface area contributed by atoms with Crippen LogP contribution >= 0.6 is 15.9 Å². The Morgan fingerprint density at radius 1 is 1.15 bits per heavy atom. The lowest BCUT2D eigenvalue weighted by Crippen LogP contribution is -2.16. The number of benzene rings is 1. The Bertz CT molecular complexity index is 381. The third-order valence-electron chi connectivity index (χ3n) is 3.78. The normalized spacial score (nSPS) is 12.4. The average molecular weight is 342 g/mol. The van der Waals surface area contributed by atoms with Crippen LogP contribution in [0.5, 0.6) is 5.75 Å². The van der Waals surface area contributed by atoms with E-state index in [0.29, 0.717) is 6.04 Å². The maximum absolute atomic E-state index is 5.25. The molecule has 0 spiro atoms. The lowest BCUT2D eigenvalue weighted by molar-refractivity contribution is 0.413. The van der Waals surface area contributed by atoms with Crippen molar-refractivity contribution in [2.75, 3.05) is 14.2 Å². The van der Waals surface area contributed by atoms with Crippen molar-refractivity contribution >= 4 is 15.9 Å². The van der Waals surface area contributed by atoms with Crippen LogP contribution < -0.4 is 10.1 Å². The summed E-state index contributed by atoms with van der Waals surface area (Å²) in [5, 5.41) is 3.43. The van der Waals surface area contributed by atoms with Crippen LogP contribution in [0.15, 0.2) is 22.7 Å². The second-order valence-electron chi connectivity index (χ2n) is 5.29. The highest BCUT2D eigenvalue weighted by Gasteiger charge is 2.12. The van der Waals surface area contributed by atoms with Crippen LogP contribution in [0.3, 0.4) is 0 Å². The number of unbranched alkanes of at least 4 members (excludes halogenated alkanes) is 5. The Morgan fingerprint density at radius 3 is 2.45 bits per heavy atom. The number of hydrogen-bond donors (Lipinski definition) is 1. The number of ether oxygens (including phenoxy) is 1. The highest BCUT2D eigenvalue weighted by Crippen LogP contribution is 2.30. The van der Waals surface area contributed by atoms with Crippen molar-refractivity contribution in [1.29, 1.82) is 0 Å². The summed E-state index contributed by atoms with van der Waals surface area (Å²) < 4.78 is 6.38. The topological polar surface area (TPSA) is 21.3 Å². The summed E-state index contributed by atoms with van der Waals surface area (Å²) in [6.45, 7) is 2.26. The van der Waals surface area contributed by atoms with E-state index in [4.69, 9.17) is 4.74 Å². The van der Waals surface area contributed by atoms with E-state index in [2.05, 4.69) is 34.2 Å². The number of halogens is 1. The second kappa shape index (κ2) is 10.2. The minimum atomic E-state index is 0.418. The second-order valence-corrected chi connectivity index (χ2v) is 6.14. The summed E-state index contributed by atoms with van der Waals surface area (Å²) in [5.41, 5.74) is 1.32. The fourth-order valence-corrected chi connectivity index (χ4v) is 3.14. The van der Waals surface area contributed by atoms with Crippen LogP contribution in [0.4, 0.5) is 0 Å². The molecule has 20 heavy (non-hydrogen) atoms. The van der Waals surface area contributed by atoms with Gasteiger partial charge in [0.05, 0.1) is 7.11 Å². The van der Waals surface area contributed by atoms with Crippen molar-refractivity contribution in [2.45, 2.75) is 57.9 Å². The largest absolute Gasteiger partial charge is 0.497 e. The van der Waals surface area contributed by atoms with Gasteiger partial charge in [-0.1, -0.05) is 67.4 Å². The van der Waals surface area contributed by atoms with E-state index in [1.165, 1.54) is 50.5 Å². The van der Waals surface area contributed by atoms with E-state index in [1.807, 2.05) is 19.2 Å². The van der Waals surface area contributed by atoms with Crippen molar-refractivity contribution in [1.82, 2.24) is 5.32 Å². The summed E-state index contributed by atoms with van der Waals surface area (Å²) >= 11 is 3.65. The minimum Gasteiger partial charge on any atom is -0.497 e. The lowest BCUT2D eigenvalue weighted by Gasteiger charge is -2.18. The van der Waals surface area contributed by atoms with Crippen molar-refractivity contribution in [3.05, 3.63) is 28.2 Å². The number of rotatable bonds is 10. The zero-order chi connectivity index (χ0) is 14.8.